The predicted octanol–water partition coefficient (Wildman–Crippen LogP) is 4.42. The molecule has 1 amide bonds. The maximum atomic E-state index is 12.1. The number of hydrogen-bond acceptors (Lipinski definition) is 4. The maximum absolute atomic E-state index is 12.1. The van der Waals surface area contributed by atoms with Gasteiger partial charge in [0.05, 0.1) is 11.8 Å². The summed E-state index contributed by atoms with van der Waals surface area (Å²) in [6.07, 6.45) is 3.22. The molecule has 2 heterocycles. The van der Waals surface area contributed by atoms with E-state index in [-0.39, 0.29) is 5.91 Å². The first kappa shape index (κ1) is 13.1. The van der Waals surface area contributed by atoms with Gasteiger partial charge in [-0.05, 0) is 34.1 Å². The third kappa shape index (κ3) is 2.66. The smallest absolute Gasteiger partial charge is 0.260 e. The largest absolute Gasteiger partial charge is 0.457 e. The molecule has 0 unspecified atom stereocenters. The van der Waals surface area contributed by atoms with Crippen LogP contribution in [0.4, 0.5) is 5.69 Å². The Hall–Kier alpha value is -1.92. The van der Waals surface area contributed by atoms with Gasteiger partial charge in [0.25, 0.3) is 5.91 Å². The van der Waals surface area contributed by atoms with Gasteiger partial charge in [-0.25, -0.2) is 4.98 Å². The monoisotopic (exact) mass is 348 g/mol. The molecule has 2 aromatic heterocycles. The lowest BCUT2D eigenvalue weighted by Crippen LogP contribution is -2.11. The lowest BCUT2D eigenvalue weighted by Gasteiger charge is -2.05. The zero-order valence-electron chi connectivity index (χ0n) is 10.2. The van der Waals surface area contributed by atoms with Crippen LogP contribution in [0.5, 0.6) is 0 Å². The Balaban J connectivity index is 1.83. The number of nitrogens with one attached hydrogen (secondary N) is 1. The van der Waals surface area contributed by atoms with Crippen molar-refractivity contribution in [1.29, 1.82) is 0 Å². The number of furan rings is 1. The van der Waals surface area contributed by atoms with Gasteiger partial charge in [-0.1, -0.05) is 12.1 Å². The van der Waals surface area contributed by atoms with Gasteiger partial charge >= 0.3 is 0 Å². The highest BCUT2D eigenvalue weighted by molar-refractivity contribution is 9.10. The third-order valence-electron chi connectivity index (χ3n) is 2.66. The van der Waals surface area contributed by atoms with Crippen molar-refractivity contribution in [2.24, 2.45) is 0 Å². The maximum Gasteiger partial charge on any atom is 0.260 e. The molecule has 1 aromatic carbocycles. The summed E-state index contributed by atoms with van der Waals surface area (Å²) in [5.41, 5.74) is 2.16. The average molecular weight is 349 g/mol. The molecule has 0 saturated heterocycles. The molecule has 0 bridgehead atoms. The second kappa shape index (κ2) is 5.60. The number of benzene rings is 1. The Morgan fingerprint density at radius 1 is 1.35 bits per heavy atom. The first-order chi connectivity index (χ1) is 9.74. The molecule has 4 nitrogen and oxygen atoms in total. The molecule has 3 rings (SSSR count). The normalized spacial score (nSPS) is 10.4. The van der Waals surface area contributed by atoms with Crippen LogP contribution >= 0.6 is 27.3 Å². The lowest BCUT2D eigenvalue weighted by atomic mass is 10.2. The Morgan fingerprint density at radius 2 is 2.25 bits per heavy atom. The number of carbonyl (C=O) groups excluding carboxylic acids is 1. The molecule has 0 atom stereocenters. The third-order valence-corrected chi connectivity index (χ3v) is 4.10. The summed E-state index contributed by atoms with van der Waals surface area (Å²) in [5, 5.41) is 5.68. The number of carbonyl (C=O) groups is 1. The number of halogens is 1. The molecule has 0 aliphatic heterocycles. The van der Waals surface area contributed by atoms with Gasteiger partial charge in [0.15, 0.2) is 4.67 Å². The molecule has 0 aliphatic rings. The molecule has 0 aliphatic carbocycles. The molecule has 0 radical (unpaired) electrons. The van der Waals surface area contributed by atoms with Crippen LogP contribution in [-0.2, 0) is 0 Å². The van der Waals surface area contributed by atoms with Crippen LogP contribution in [0.2, 0.25) is 0 Å². The molecule has 3 aromatic rings. The van der Waals surface area contributed by atoms with Crippen LogP contribution in [0.25, 0.3) is 10.6 Å². The fraction of sp³-hybridized carbons (Fsp3) is 0. The second-order valence-corrected chi connectivity index (χ2v) is 5.59. The molecule has 0 saturated carbocycles. The average Bonchev–Trinajstić information content (AvgIpc) is 3.09. The van der Waals surface area contributed by atoms with E-state index in [9.17, 15) is 4.79 Å². The highest BCUT2D eigenvalue weighted by Crippen LogP contribution is 2.25. The fourth-order valence-electron chi connectivity index (χ4n) is 1.75. The topological polar surface area (TPSA) is 55.1 Å². The number of thiazole rings is 1. The lowest BCUT2D eigenvalue weighted by molar-refractivity contribution is 0.102. The summed E-state index contributed by atoms with van der Waals surface area (Å²) < 4.78 is 5.48. The fourth-order valence-corrected chi connectivity index (χ4v) is 2.81. The van der Waals surface area contributed by atoms with Crippen molar-refractivity contribution < 1.29 is 9.21 Å². The zero-order chi connectivity index (χ0) is 13.9. The quantitative estimate of drug-likeness (QED) is 0.762. The van der Waals surface area contributed by atoms with E-state index in [2.05, 4.69) is 26.2 Å². The number of anilines is 1. The Labute approximate surface area is 127 Å². The second-order valence-electron chi connectivity index (χ2n) is 3.98. The van der Waals surface area contributed by atoms with E-state index >= 15 is 0 Å². The van der Waals surface area contributed by atoms with E-state index in [4.69, 9.17) is 4.42 Å². The minimum Gasteiger partial charge on any atom is -0.457 e. The Morgan fingerprint density at radius 3 is 2.95 bits per heavy atom. The Bertz CT molecular complexity index is 737. The molecule has 1 N–H and O–H groups in total. The van der Waals surface area contributed by atoms with E-state index in [0.717, 1.165) is 16.3 Å². The van der Waals surface area contributed by atoms with Gasteiger partial charge < -0.3 is 9.73 Å². The van der Waals surface area contributed by atoms with Gasteiger partial charge in [0.1, 0.15) is 5.01 Å². The number of amides is 1. The molecule has 20 heavy (non-hydrogen) atoms. The van der Waals surface area contributed by atoms with Crippen molar-refractivity contribution in [2.75, 3.05) is 5.32 Å². The van der Waals surface area contributed by atoms with Gasteiger partial charge in [-0.15, -0.1) is 11.3 Å². The molecule has 6 heteroatoms. The molecule has 0 fully saturated rings. The van der Waals surface area contributed by atoms with Crippen LogP contribution in [0.1, 0.15) is 10.4 Å². The Kier molecular flexibility index (Phi) is 3.66. The van der Waals surface area contributed by atoms with E-state index in [1.807, 2.05) is 29.6 Å². The van der Waals surface area contributed by atoms with Crippen molar-refractivity contribution in [1.82, 2.24) is 4.98 Å². The van der Waals surface area contributed by atoms with Crippen LogP contribution in [0, 0.1) is 0 Å². The van der Waals surface area contributed by atoms with Crippen molar-refractivity contribution in [2.45, 2.75) is 0 Å². The van der Waals surface area contributed by atoms with E-state index in [0.29, 0.717) is 10.2 Å². The highest BCUT2D eigenvalue weighted by atomic mass is 79.9. The van der Waals surface area contributed by atoms with Crippen molar-refractivity contribution in [3.63, 3.8) is 0 Å². The summed E-state index contributed by atoms with van der Waals surface area (Å²) in [7, 11) is 0. The van der Waals surface area contributed by atoms with E-state index in [1.165, 1.54) is 6.26 Å². The van der Waals surface area contributed by atoms with Crippen LogP contribution < -0.4 is 5.32 Å². The zero-order valence-corrected chi connectivity index (χ0v) is 12.6. The summed E-state index contributed by atoms with van der Waals surface area (Å²) in [5.74, 6) is -0.220. The van der Waals surface area contributed by atoms with Crippen molar-refractivity contribution in [3.05, 3.63) is 58.4 Å². The van der Waals surface area contributed by atoms with Crippen molar-refractivity contribution >= 4 is 38.9 Å². The molecule has 0 spiro atoms. The highest BCUT2D eigenvalue weighted by Gasteiger charge is 2.13. The number of nitrogens with zero attached hydrogens (tertiary/aromatic N) is 1. The standard InChI is InChI=1S/C14H9BrN2O2S/c15-12-11(4-6-19-12)13(18)17-10-3-1-2-9(8-10)14-16-5-7-20-14/h1-8H,(H,17,18). The van der Waals surface area contributed by atoms with E-state index < -0.39 is 0 Å². The minimum atomic E-state index is -0.220. The van der Waals surface area contributed by atoms with E-state index in [1.54, 1.807) is 23.6 Å². The molecular weight excluding hydrogens is 340 g/mol. The van der Waals surface area contributed by atoms with Gasteiger partial charge in [0.2, 0.25) is 0 Å². The molecule has 100 valence electrons. The summed E-state index contributed by atoms with van der Waals surface area (Å²) in [4.78, 5) is 16.3. The van der Waals surface area contributed by atoms with Gasteiger partial charge in [0, 0.05) is 22.8 Å². The molecular formula is C14H9BrN2O2S. The number of aromatic nitrogens is 1. The number of hydrogen-bond donors (Lipinski definition) is 1. The minimum absolute atomic E-state index is 0.220. The van der Waals surface area contributed by atoms with Crippen LogP contribution in [0.3, 0.4) is 0 Å². The summed E-state index contributed by atoms with van der Waals surface area (Å²) in [6, 6.07) is 9.19. The predicted molar refractivity (Wildman–Crippen MR) is 81.9 cm³/mol. The first-order valence-corrected chi connectivity index (χ1v) is 7.45. The van der Waals surface area contributed by atoms with Gasteiger partial charge in [-0.2, -0.15) is 0 Å². The number of rotatable bonds is 3. The summed E-state index contributed by atoms with van der Waals surface area (Å²) in [6.45, 7) is 0. The SMILES string of the molecule is O=C(Nc1cccc(-c2nccs2)c1)c1ccoc1Br. The van der Waals surface area contributed by atoms with Crippen molar-refractivity contribution in [3.8, 4) is 10.6 Å². The summed E-state index contributed by atoms with van der Waals surface area (Å²) >= 11 is 4.75. The van der Waals surface area contributed by atoms with Gasteiger partial charge in [-0.3, -0.25) is 4.79 Å². The first-order valence-electron chi connectivity index (χ1n) is 5.78. The van der Waals surface area contributed by atoms with Crippen LogP contribution in [-0.4, -0.2) is 10.9 Å². The van der Waals surface area contributed by atoms with Crippen LogP contribution in [0.15, 0.2) is 57.3 Å².